The average Bonchev–Trinajstić information content (AvgIpc) is 2.33. The summed E-state index contributed by atoms with van der Waals surface area (Å²) in [7, 11) is 1.90. The Bertz CT molecular complexity index is 430. The molecule has 0 aliphatic carbocycles. The molecule has 20 heavy (non-hydrogen) atoms. The lowest BCUT2D eigenvalue weighted by Crippen LogP contribution is -2.43. The summed E-state index contributed by atoms with van der Waals surface area (Å²) in [6.07, 6.45) is 1.39. The van der Waals surface area contributed by atoms with E-state index in [2.05, 4.69) is 16.1 Å². The van der Waals surface area contributed by atoms with E-state index >= 15 is 0 Å². The molecule has 0 fully saturated rings. The van der Waals surface area contributed by atoms with Gasteiger partial charge in [-0.1, -0.05) is 6.58 Å². The summed E-state index contributed by atoms with van der Waals surface area (Å²) in [5.41, 5.74) is 0.503. The van der Waals surface area contributed by atoms with E-state index < -0.39 is 10.1 Å². The van der Waals surface area contributed by atoms with Crippen molar-refractivity contribution >= 4 is 16.0 Å². The van der Waals surface area contributed by atoms with Crippen molar-refractivity contribution in [1.82, 2.24) is 5.32 Å². The summed E-state index contributed by atoms with van der Waals surface area (Å²) in [5, 5.41) is 2.78. The van der Waals surface area contributed by atoms with Gasteiger partial charge in [-0.15, -0.1) is 0 Å². The zero-order chi connectivity index (χ0) is 15.8. The minimum atomic E-state index is -3.36. The molecule has 0 saturated heterocycles. The highest BCUT2D eigenvalue weighted by atomic mass is 32.2. The molecule has 0 radical (unpaired) electrons. The molecule has 0 spiro atoms. The summed E-state index contributed by atoms with van der Waals surface area (Å²) in [6.45, 7) is 7.45. The van der Waals surface area contributed by atoms with E-state index in [-0.39, 0.29) is 11.7 Å². The summed E-state index contributed by atoms with van der Waals surface area (Å²) in [6, 6.07) is 0. The average molecular weight is 307 g/mol. The molecule has 0 heterocycles. The van der Waals surface area contributed by atoms with Crippen LogP contribution in [0.5, 0.6) is 0 Å². The van der Waals surface area contributed by atoms with Crippen LogP contribution in [-0.4, -0.2) is 65.4 Å². The molecule has 6 nitrogen and oxygen atoms in total. The first-order valence-electron chi connectivity index (χ1n) is 6.64. The van der Waals surface area contributed by atoms with Gasteiger partial charge in [0.25, 0.3) is 10.1 Å². The van der Waals surface area contributed by atoms with Crippen LogP contribution < -0.4 is 5.32 Å². The molecule has 7 heteroatoms. The molecule has 0 aliphatic heterocycles. The molecule has 1 N–H and O–H groups in total. The van der Waals surface area contributed by atoms with Crippen LogP contribution in [0.25, 0.3) is 0 Å². The van der Waals surface area contributed by atoms with E-state index in [0.29, 0.717) is 23.0 Å². The van der Waals surface area contributed by atoms with E-state index in [4.69, 9.17) is 0 Å². The lowest BCUT2D eigenvalue weighted by molar-refractivity contribution is -0.890. The number of carbonyl (C=O) groups excluding carboxylic acids is 1. The molecule has 0 aromatic carbocycles. The number of hydrogen-bond acceptors (Lipinski definition) is 4. The maximum atomic E-state index is 11.3. The van der Waals surface area contributed by atoms with E-state index in [0.717, 1.165) is 19.5 Å². The summed E-state index contributed by atoms with van der Waals surface area (Å²) in [4.78, 5) is 11.3. The number of nitrogens with zero attached hydrogens (tertiary/aromatic N) is 1. The van der Waals surface area contributed by atoms with Crippen molar-refractivity contribution < 1.29 is 21.9 Å². The third-order valence-corrected chi connectivity index (χ3v) is 4.32. The lowest BCUT2D eigenvalue weighted by atomic mass is 10.3. The van der Waals surface area contributed by atoms with Crippen molar-refractivity contribution in [2.75, 3.05) is 46.6 Å². The fraction of sp³-hybridized carbons (Fsp3) is 0.769. The molecule has 0 rings (SSSR count). The first-order valence-corrected chi connectivity index (χ1v) is 8.21. The summed E-state index contributed by atoms with van der Waals surface area (Å²) in [5.74, 6) is -0.0844. The molecular weight excluding hydrogens is 280 g/mol. The van der Waals surface area contributed by atoms with Gasteiger partial charge in [0.1, 0.15) is 0 Å². The Labute approximate surface area is 122 Å². The van der Waals surface area contributed by atoms with Crippen LogP contribution in [0.3, 0.4) is 0 Å². The van der Waals surface area contributed by atoms with Gasteiger partial charge in [0, 0.05) is 25.0 Å². The topological polar surface area (TPSA) is 72.5 Å². The lowest BCUT2D eigenvalue weighted by Gasteiger charge is -2.29. The van der Waals surface area contributed by atoms with Crippen LogP contribution in [0.1, 0.15) is 19.8 Å². The minimum Gasteiger partial charge on any atom is -0.352 e. The Morgan fingerprint density at radius 3 is 2.30 bits per heavy atom. The van der Waals surface area contributed by atoms with Gasteiger partial charge in [-0.25, -0.2) is 0 Å². The number of quaternary nitrogens is 1. The number of nitrogens with one attached hydrogen (secondary N) is 1. The SMILES string of the molecule is C=C(C)C(=O)NCCC[N+](C)(C)CCCS(=O)(=O)OC. The number of hydrogen-bond donors (Lipinski definition) is 1. The molecular formula is C13H27N2O4S+. The second-order valence-corrected chi connectivity index (χ2v) is 7.41. The largest absolute Gasteiger partial charge is 0.352 e. The highest BCUT2D eigenvalue weighted by Gasteiger charge is 2.17. The zero-order valence-corrected chi connectivity index (χ0v) is 13.8. The summed E-state index contributed by atoms with van der Waals surface area (Å²) < 4.78 is 27.5. The van der Waals surface area contributed by atoms with Crippen molar-refractivity contribution in [1.29, 1.82) is 0 Å². The van der Waals surface area contributed by atoms with E-state index in [1.54, 1.807) is 6.92 Å². The first kappa shape index (κ1) is 19.1. The minimum absolute atomic E-state index is 0.0393. The monoisotopic (exact) mass is 307 g/mol. The molecule has 0 aromatic heterocycles. The highest BCUT2D eigenvalue weighted by molar-refractivity contribution is 7.86. The van der Waals surface area contributed by atoms with Crippen LogP contribution in [0, 0.1) is 0 Å². The highest BCUT2D eigenvalue weighted by Crippen LogP contribution is 2.03. The zero-order valence-electron chi connectivity index (χ0n) is 12.9. The molecule has 0 aliphatic rings. The molecule has 0 saturated carbocycles. The van der Waals surface area contributed by atoms with Crippen LogP contribution in [0.2, 0.25) is 0 Å². The molecule has 0 aromatic rings. The fourth-order valence-corrected chi connectivity index (χ4v) is 2.37. The van der Waals surface area contributed by atoms with Crippen molar-refractivity contribution in [3.05, 3.63) is 12.2 Å². The van der Waals surface area contributed by atoms with E-state index in [1.807, 2.05) is 14.1 Å². The Kier molecular flexibility index (Phi) is 8.00. The van der Waals surface area contributed by atoms with Crippen LogP contribution in [0.15, 0.2) is 12.2 Å². The van der Waals surface area contributed by atoms with Gasteiger partial charge in [-0.3, -0.25) is 8.98 Å². The van der Waals surface area contributed by atoms with Crippen molar-refractivity contribution in [2.45, 2.75) is 19.8 Å². The quantitative estimate of drug-likeness (QED) is 0.276. The van der Waals surface area contributed by atoms with E-state index in [1.165, 1.54) is 7.11 Å². The fourth-order valence-electron chi connectivity index (χ4n) is 1.72. The van der Waals surface area contributed by atoms with Gasteiger partial charge in [-0.2, -0.15) is 8.42 Å². The van der Waals surface area contributed by atoms with Gasteiger partial charge in [0.15, 0.2) is 0 Å². The van der Waals surface area contributed by atoms with Crippen LogP contribution in [0.4, 0.5) is 0 Å². The molecule has 1 amide bonds. The van der Waals surface area contributed by atoms with E-state index in [9.17, 15) is 13.2 Å². The second-order valence-electron chi connectivity index (χ2n) is 5.55. The van der Waals surface area contributed by atoms with Crippen molar-refractivity contribution in [3.8, 4) is 0 Å². The number of amides is 1. The third-order valence-electron chi connectivity index (χ3n) is 3.03. The Hall–Kier alpha value is -0.920. The summed E-state index contributed by atoms with van der Waals surface area (Å²) >= 11 is 0. The predicted molar refractivity (Wildman–Crippen MR) is 79.7 cm³/mol. The second kappa shape index (κ2) is 8.39. The first-order chi connectivity index (χ1) is 9.09. The van der Waals surface area contributed by atoms with Gasteiger partial charge in [-0.05, 0) is 6.92 Å². The molecule has 0 unspecified atom stereocenters. The third kappa shape index (κ3) is 9.06. The van der Waals surface area contributed by atoms with Crippen LogP contribution >= 0.6 is 0 Å². The maximum absolute atomic E-state index is 11.3. The number of carbonyl (C=O) groups is 1. The van der Waals surface area contributed by atoms with Crippen molar-refractivity contribution in [2.24, 2.45) is 0 Å². The Morgan fingerprint density at radius 1 is 1.25 bits per heavy atom. The van der Waals surface area contributed by atoms with Gasteiger partial charge >= 0.3 is 0 Å². The standard InChI is InChI=1S/C13H26N2O4S/c1-12(2)13(16)14-8-6-9-15(3,4)10-7-11-20(17,18)19-5/h1,6-11H2,2-5H3/p+1. The predicted octanol–water partition coefficient (Wildman–Crippen LogP) is 0.512. The molecule has 118 valence electrons. The Balaban J connectivity index is 3.90. The normalized spacial score (nSPS) is 12.2. The maximum Gasteiger partial charge on any atom is 0.267 e. The smallest absolute Gasteiger partial charge is 0.267 e. The molecule has 0 atom stereocenters. The van der Waals surface area contributed by atoms with Crippen molar-refractivity contribution in [3.63, 3.8) is 0 Å². The van der Waals surface area contributed by atoms with Crippen LogP contribution in [-0.2, 0) is 19.1 Å². The molecule has 0 bridgehead atoms. The van der Waals surface area contributed by atoms with Gasteiger partial charge < -0.3 is 9.80 Å². The number of rotatable bonds is 10. The Morgan fingerprint density at radius 2 is 1.80 bits per heavy atom. The van der Waals surface area contributed by atoms with Gasteiger partial charge in [0.2, 0.25) is 5.91 Å². The van der Waals surface area contributed by atoms with Gasteiger partial charge in [0.05, 0.1) is 40.0 Å².